The van der Waals surface area contributed by atoms with E-state index in [-0.39, 0.29) is 30.4 Å². The van der Waals surface area contributed by atoms with Gasteiger partial charge in [-0.15, -0.1) is 12.4 Å². The van der Waals surface area contributed by atoms with Gasteiger partial charge in [-0.2, -0.15) is 0 Å². The van der Waals surface area contributed by atoms with Gasteiger partial charge in [0.05, 0.1) is 6.04 Å². The van der Waals surface area contributed by atoms with Gasteiger partial charge in [0.15, 0.2) is 0 Å². The van der Waals surface area contributed by atoms with E-state index in [2.05, 4.69) is 12.2 Å². The average molecular weight is 319 g/mol. The van der Waals surface area contributed by atoms with Crippen molar-refractivity contribution in [1.29, 1.82) is 0 Å². The van der Waals surface area contributed by atoms with Gasteiger partial charge >= 0.3 is 0 Å². The van der Waals surface area contributed by atoms with Crippen LogP contribution in [0.25, 0.3) is 0 Å². The topological polar surface area (TPSA) is 55.1 Å². The standard InChI is InChI=1S/C18H22N2O.ClH/c1-2-17(15-11-7-4-8-12-15)20-18(21)13-16(19)14-9-5-3-6-10-14;/h3-12,16-17H,2,13,19H2,1H3,(H,20,21);1H. The van der Waals surface area contributed by atoms with Crippen LogP contribution in [0, 0.1) is 0 Å². The lowest BCUT2D eigenvalue weighted by Crippen LogP contribution is -2.30. The van der Waals surface area contributed by atoms with E-state index in [1.807, 2.05) is 60.7 Å². The van der Waals surface area contributed by atoms with Gasteiger partial charge in [0, 0.05) is 12.5 Å². The Labute approximate surface area is 138 Å². The molecule has 4 heteroatoms. The maximum Gasteiger partial charge on any atom is 0.222 e. The molecule has 3 nitrogen and oxygen atoms in total. The summed E-state index contributed by atoms with van der Waals surface area (Å²) in [5.74, 6) is -0.0120. The second kappa shape index (κ2) is 9.23. The SMILES string of the molecule is CCC(NC(=O)CC(N)c1ccccc1)c1ccccc1.Cl. The minimum atomic E-state index is -0.264. The molecule has 0 radical (unpaired) electrons. The van der Waals surface area contributed by atoms with Crippen LogP contribution in [0.1, 0.15) is 43.0 Å². The van der Waals surface area contributed by atoms with E-state index in [4.69, 9.17) is 5.73 Å². The minimum absolute atomic E-state index is 0. The van der Waals surface area contributed by atoms with E-state index in [9.17, 15) is 4.79 Å². The van der Waals surface area contributed by atoms with Crippen molar-refractivity contribution >= 4 is 18.3 Å². The zero-order chi connectivity index (χ0) is 15.1. The Morgan fingerprint density at radius 3 is 2.00 bits per heavy atom. The van der Waals surface area contributed by atoms with E-state index < -0.39 is 0 Å². The molecule has 2 unspecified atom stereocenters. The smallest absolute Gasteiger partial charge is 0.222 e. The Morgan fingerprint density at radius 1 is 1.00 bits per heavy atom. The first kappa shape index (κ1) is 18.2. The first-order chi connectivity index (χ1) is 10.2. The summed E-state index contributed by atoms with van der Waals surface area (Å²) in [6.45, 7) is 2.06. The summed E-state index contributed by atoms with van der Waals surface area (Å²) in [6, 6.07) is 19.5. The monoisotopic (exact) mass is 318 g/mol. The third-order valence-corrected chi connectivity index (χ3v) is 3.58. The molecule has 2 rings (SSSR count). The Balaban J connectivity index is 0.00000242. The van der Waals surface area contributed by atoms with Gasteiger partial charge < -0.3 is 11.1 Å². The van der Waals surface area contributed by atoms with Crippen LogP contribution in [-0.4, -0.2) is 5.91 Å². The van der Waals surface area contributed by atoms with Crippen molar-refractivity contribution in [2.45, 2.75) is 31.8 Å². The maximum atomic E-state index is 12.2. The molecular formula is C18H23ClN2O. The summed E-state index contributed by atoms with van der Waals surface area (Å²) < 4.78 is 0. The van der Waals surface area contributed by atoms with Gasteiger partial charge in [-0.05, 0) is 17.5 Å². The van der Waals surface area contributed by atoms with Gasteiger partial charge in [-0.1, -0.05) is 67.6 Å². The second-order valence-electron chi connectivity index (χ2n) is 5.16. The number of rotatable bonds is 6. The van der Waals surface area contributed by atoms with Crippen molar-refractivity contribution in [3.05, 3.63) is 71.8 Å². The van der Waals surface area contributed by atoms with Crippen LogP contribution >= 0.6 is 12.4 Å². The molecule has 3 N–H and O–H groups in total. The first-order valence-corrected chi connectivity index (χ1v) is 7.35. The highest BCUT2D eigenvalue weighted by Gasteiger charge is 2.15. The number of nitrogens with two attached hydrogens (primary N) is 1. The molecule has 0 saturated carbocycles. The fraction of sp³-hybridized carbons (Fsp3) is 0.278. The van der Waals surface area contributed by atoms with Crippen LogP contribution in [0.5, 0.6) is 0 Å². The highest BCUT2D eigenvalue weighted by Crippen LogP contribution is 2.18. The lowest BCUT2D eigenvalue weighted by Gasteiger charge is -2.19. The molecule has 1 amide bonds. The Hall–Kier alpha value is -1.84. The Kier molecular flexibility index (Phi) is 7.64. The number of hydrogen-bond donors (Lipinski definition) is 2. The van der Waals surface area contributed by atoms with Crippen molar-refractivity contribution in [3.63, 3.8) is 0 Å². The van der Waals surface area contributed by atoms with E-state index >= 15 is 0 Å². The number of nitrogens with one attached hydrogen (secondary N) is 1. The van der Waals surface area contributed by atoms with E-state index in [0.717, 1.165) is 17.5 Å². The molecule has 0 aliphatic carbocycles. The molecular weight excluding hydrogens is 296 g/mol. The van der Waals surface area contributed by atoms with Crippen LogP contribution < -0.4 is 11.1 Å². The molecule has 118 valence electrons. The lowest BCUT2D eigenvalue weighted by atomic mass is 10.0. The predicted molar refractivity (Wildman–Crippen MR) is 92.9 cm³/mol. The lowest BCUT2D eigenvalue weighted by molar-refractivity contribution is -0.122. The quantitative estimate of drug-likeness (QED) is 0.852. The Morgan fingerprint density at radius 2 is 1.50 bits per heavy atom. The van der Waals surface area contributed by atoms with Gasteiger partial charge in [-0.3, -0.25) is 4.79 Å². The van der Waals surface area contributed by atoms with Crippen molar-refractivity contribution in [2.24, 2.45) is 5.73 Å². The zero-order valence-corrected chi connectivity index (χ0v) is 13.6. The summed E-state index contributed by atoms with van der Waals surface area (Å²) in [7, 11) is 0. The van der Waals surface area contributed by atoms with Crippen LogP contribution in [0.4, 0.5) is 0 Å². The minimum Gasteiger partial charge on any atom is -0.349 e. The molecule has 0 saturated heterocycles. The van der Waals surface area contributed by atoms with Crippen molar-refractivity contribution < 1.29 is 4.79 Å². The molecule has 0 heterocycles. The largest absolute Gasteiger partial charge is 0.349 e. The molecule has 22 heavy (non-hydrogen) atoms. The van der Waals surface area contributed by atoms with Crippen molar-refractivity contribution in [3.8, 4) is 0 Å². The predicted octanol–water partition coefficient (Wildman–Crippen LogP) is 3.77. The average Bonchev–Trinajstić information content (AvgIpc) is 2.54. The number of hydrogen-bond acceptors (Lipinski definition) is 2. The molecule has 2 atom stereocenters. The molecule has 0 aliphatic heterocycles. The van der Waals surface area contributed by atoms with Gasteiger partial charge in [0.25, 0.3) is 0 Å². The summed E-state index contributed by atoms with van der Waals surface area (Å²) >= 11 is 0. The molecule has 0 spiro atoms. The van der Waals surface area contributed by atoms with E-state index in [0.29, 0.717) is 6.42 Å². The van der Waals surface area contributed by atoms with E-state index in [1.54, 1.807) is 0 Å². The molecule has 0 aliphatic rings. The van der Waals surface area contributed by atoms with Crippen LogP contribution in [0.2, 0.25) is 0 Å². The Bertz CT molecular complexity index is 560. The van der Waals surface area contributed by atoms with Crippen molar-refractivity contribution in [2.75, 3.05) is 0 Å². The zero-order valence-electron chi connectivity index (χ0n) is 12.7. The normalized spacial score (nSPS) is 12.8. The third-order valence-electron chi connectivity index (χ3n) is 3.58. The highest BCUT2D eigenvalue weighted by molar-refractivity contribution is 5.85. The molecule has 2 aromatic rings. The van der Waals surface area contributed by atoms with Gasteiger partial charge in [-0.25, -0.2) is 0 Å². The van der Waals surface area contributed by atoms with Gasteiger partial charge in [0.2, 0.25) is 5.91 Å². The second-order valence-corrected chi connectivity index (χ2v) is 5.16. The van der Waals surface area contributed by atoms with Crippen LogP contribution in [0.15, 0.2) is 60.7 Å². The highest BCUT2D eigenvalue weighted by atomic mass is 35.5. The number of carbonyl (C=O) groups excluding carboxylic acids is 1. The molecule has 2 aromatic carbocycles. The summed E-state index contributed by atoms with van der Waals surface area (Å²) in [6.07, 6.45) is 1.16. The summed E-state index contributed by atoms with van der Waals surface area (Å²) in [5.41, 5.74) is 8.20. The van der Waals surface area contributed by atoms with Crippen LogP contribution in [-0.2, 0) is 4.79 Å². The first-order valence-electron chi connectivity index (χ1n) is 7.35. The molecule has 0 aromatic heterocycles. The number of carbonyl (C=O) groups is 1. The summed E-state index contributed by atoms with van der Waals surface area (Å²) in [5, 5.41) is 3.06. The molecule has 0 bridgehead atoms. The van der Waals surface area contributed by atoms with Crippen LogP contribution in [0.3, 0.4) is 0 Å². The summed E-state index contributed by atoms with van der Waals surface area (Å²) in [4.78, 5) is 12.2. The number of amides is 1. The number of benzene rings is 2. The molecule has 0 fully saturated rings. The van der Waals surface area contributed by atoms with Gasteiger partial charge in [0.1, 0.15) is 0 Å². The number of halogens is 1. The fourth-order valence-electron chi connectivity index (χ4n) is 2.38. The van der Waals surface area contributed by atoms with E-state index in [1.165, 1.54) is 0 Å². The maximum absolute atomic E-state index is 12.2. The fourth-order valence-corrected chi connectivity index (χ4v) is 2.38. The third kappa shape index (κ3) is 5.17. The van der Waals surface area contributed by atoms with Crippen molar-refractivity contribution in [1.82, 2.24) is 5.32 Å².